The van der Waals surface area contributed by atoms with E-state index in [-0.39, 0.29) is 0 Å². The molecule has 6 aromatic carbocycles. The first-order valence-electron chi connectivity index (χ1n) is 10.5. The normalized spacial score (nSPS) is 11.4. The van der Waals surface area contributed by atoms with Crippen LogP contribution in [0.5, 0.6) is 0 Å². The van der Waals surface area contributed by atoms with Gasteiger partial charge in [-0.3, -0.25) is 0 Å². The summed E-state index contributed by atoms with van der Waals surface area (Å²) in [6.07, 6.45) is 0. The Labute approximate surface area is 186 Å². The molecule has 0 heterocycles. The van der Waals surface area contributed by atoms with Crippen LogP contribution in [0.2, 0.25) is 5.02 Å². The van der Waals surface area contributed by atoms with Gasteiger partial charge in [-0.15, -0.1) is 0 Å². The van der Waals surface area contributed by atoms with Crippen LogP contribution >= 0.6 is 11.6 Å². The van der Waals surface area contributed by atoms with Crippen molar-refractivity contribution in [3.05, 3.63) is 120 Å². The summed E-state index contributed by atoms with van der Waals surface area (Å²) in [4.78, 5) is 0. The van der Waals surface area contributed by atoms with Gasteiger partial charge in [0.05, 0.1) is 0 Å². The maximum absolute atomic E-state index is 6.55. The molecule has 0 radical (unpaired) electrons. The highest BCUT2D eigenvalue weighted by Gasteiger charge is 2.17. The topological polar surface area (TPSA) is 0 Å². The number of rotatable bonds is 2. The lowest BCUT2D eigenvalue weighted by Gasteiger charge is -2.19. The Kier molecular flexibility index (Phi) is 4.26. The van der Waals surface area contributed by atoms with Crippen LogP contribution in [0.3, 0.4) is 0 Å². The van der Waals surface area contributed by atoms with Crippen LogP contribution in [0, 0.1) is 0 Å². The van der Waals surface area contributed by atoms with Crippen molar-refractivity contribution >= 4 is 43.9 Å². The summed E-state index contributed by atoms with van der Waals surface area (Å²) in [5.41, 5.74) is 4.95. The Hall–Kier alpha value is -3.61. The SMILES string of the molecule is Clc1ccc2c(-c3ccccc3)c3ccccc3c(-c3cccc4ccccc34)c2c1. The lowest BCUT2D eigenvalue weighted by molar-refractivity contribution is 1.66. The third-order valence-corrected chi connectivity index (χ3v) is 6.34. The molecule has 0 aliphatic rings. The lowest BCUT2D eigenvalue weighted by Crippen LogP contribution is -1.91. The molecule has 0 nitrogen and oxygen atoms in total. The van der Waals surface area contributed by atoms with Crippen LogP contribution in [-0.2, 0) is 0 Å². The summed E-state index contributed by atoms with van der Waals surface area (Å²) in [6, 6.07) is 40.8. The smallest absolute Gasteiger partial charge is 0.0412 e. The first-order valence-corrected chi connectivity index (χ1v) is 10.9. The summed E-state index contributed by atoms with van der Waals surface area (Å²) in [5.74, 6) is 0. The van der Waals surface area contributed by atoms with Crippen LogP contribution in [-0.4, -0.2) is 0 Å². The maximum atomic E-state index is 6.55. The Bertz CT molecular complexity index is 1570. The molecule has 0 aromatic heterocycles. The van der Waals surface area contributed by atoms with Gasteiger partial charge in [-0.2, -0.15) is 0 Å². The van der Waals surface area contributed by atoms with Crippen LogP contribution in [0.25, 0.3) is 54.6 Å². The van der Waals surface area contributed by atoms with Gasteiger partial charge >= 0.3 is 0 Å². The van der Waals surface area contributed by atoms with Crippen molar-refractivity contribution < 1.29 is 0 Å². The van der Waals surface area contributed by atoms with Gasteiger partial charge < -0.3 is 0 Å². The first-order chi connectivity index (χ1) is 15.3. The second-order valence-electron chi connectivity index (χ2n) is 7.88. The third-order valence-electron chi connectivity index (χ3n) is 6.11. The molecule has 1 heteroatoms. The van der Waals surface area contributed by atoms with Crippen molar-refractivity contribution in [1.29, 1.82) is 0 Å². The molecular weight excluding hydrogens is 396 g/mol. The van der Waals surface area contributed by atoms with E-state index in [2.05, 4.69) is 109 Å². The van der Waals surface area contributed by atoms with E-state index in [1.807, 2.05) is 6.07 Å². The minimum atomic E-state index is 0.753. The van der Waals surface area contributed by atoms with E-state index in [4.69, 9.17) is 11.6 Å². The summed E-state index contributed by atoms with van der Waals surface area (Å²) in [5, 5.41) is 8.15. The van der Waals surface area contributed by atoms with E-state index in [0.29, 0.717) is 0 Å². The van der Waals surface area contributed by atoms with Crippen LogP contribution in [0.4, 0.5) is 0 Å². The van der Waals surface area contributed by atoms with E-state index in [1.165, 1.54) is 54.6 Å². The molecule has 0 fully saturated rings. The number of hydrogen-bond acceptors (Lipinski definition) is 0. The average molecular weight is 415 g/mol. The molecule has 0 saturated heterocycles. The standard InChI is InChI=1S/C30H19Cl/c31-22-17-18-27-28(19-22)30(24-16-8-12-20-9-4-5-13-23(20)24)26-15-7-6-14-25(26)29(27)21-10-2-1-3-11-21/h1-19H. The van der Waals surface area contributed by atoms with Gasteiger partial charge in [-0.1, -0.05) is 115 Å². The van der Waals surface area contributed by atoms with Crippen molar-refractivity contribution in [2.45, 2.75) is 0 Å². The van der Waals surface area contributed by atoms with Crippen LogP contribution in [0.15, 0.2) is 115 Å². The van der Waals surface area contributed by atoms with E-state index in [1.54, 1.807) is 0 Å². The van der Waals surface area contributed by atoms with Gasteiger partial charge in [0.2, 0.25) is 0 Å². The van der Waals surface area contributed by atoms with Crippen molar-refractivity contribution in [2.24, 2.45) is 0 Å². The molecule has 0 unspecified atom stereocenters. The molecule has 0 spiro atoms. The molecule has 0 aliphatic heterocycles. The van der Waals surface area contributed by atoms with E-state index in [0.717, 1.165) is 5.02 Å². The van der Waals surface area contributed by atoms with Crippen molar-refractivity contribution in [2.75, 3.05) is 0 Å². The second kappa shape index (κ2) is 7.27. The zero-order valence-corrected chi connectivity index (χ0v) is 17.6. The summed E-state index contributed by atoms with van der Waals surface area (Å²) in [7, 11) is 0. The Morgan fingerprint density at radius 2 is 1.03 bits per heavy atom. The molecule has 0 bridgehead atoms. The summed E-state index contributed by atoms with van der Waals surface area (Å²) < 4.78 is 0. The van der Waals surface area contributed by atoms with Crippen LogP contribution < -0.4 is 0 Å². The first kappa shape index (κ1) is 18.2. The minimum Gasteiger partial charge on any atom is -0.0843 e. The predicted molar refractivity (Wildman–Crippen MR) is 135 cm³/mol. The van der Waals surface area contributed by atoms with Crippen molar-refractivity contribution in [1.82, 2.24) is 0 Å². The van der Waals surface area contributed by atoms with Gasteiger partial charge in [-0.05, 0) is 66.7 Å². The predicted octanol–water partition coefficient (Wildman–Crippen LogP) is 9.13. The Balaban J connectivity index is 1.87. The Morgan fingerprint density at radius 1 is 0.419 bits per heavy atom. The highest BCUT2D eigenvalue weighted by Crippen LogP contribution is 2.45. The molecule has 0 N–H and O–H groups in total. The van der Waals surface area contributed by atoms with Gasteiger partial charge in [0.25, 0.3) is 0 Å². The molecular formula is C30H19Cl. The second-order valence-corrected chi connectivity index (χ2v) is 8.31. The number of benzene rings is 6. The summed E-state index contributed by atoms with van der Waals surface area (Å²) >= 11 is 6.55. The molecule has 6 aromatic rings. The Morgan fingerprint density at radius 3 is 1.84 bits per heavy atom. The van der Waals surface area contributed by atoms with E-state index < -0.39 is 0 Å². The fourth-order valence-corrected chi connectivity index (χ4v) is 4.97. The molecule has 0 atom stereocenters. The zero-order valence-electron chi connectivity index (χ0n) is 16.8. The molecule has 6 rings (SSSR count). The van der Waals surface area contributed by atoms with E-state index in [9.17, 15) is 0 Å². The monoisotopic (exact) mass is 414 g/mol. The highest BCUT2D eigenvalue weighted by atomic mass is 35.5. The average Bonchev–Trinajstić information content (AvgIpc) is 2.83. The number of hydrogen-bond donors (Lipinski definition) is 0. The zero-order chi connectivity index (χ0) is 20.8. The number of halogens is 1. The maximum Gasteiger partial charge on any atom is 0.0412 e. The fraction of sp³-hybridized carbons (Fsp3) is 0. The third kappa shape index (κ3) is 2.91. The molecule has 146 valence electrons. The molecule has 31 heavy (non-hydrogen) atoms. The molecule has 0 saturated carbocycles. The van der Waals surface area contributed by atoms with Gasteiger partial charge in [0.1, 0.15) is 0 Å². The fourth-order valence-electron chi connectivity index (χ4n) is 4.80. The van der Waals surface area contributed by atoms with Gasteiger partial charge in [0, 0.05) is 5.02 Å². The largest absolute Gasteiger partial charge is 0.0843 e. The van der Waals surface area contributed by atoms with Gasteiger partial charge in [-0.25, -0.2) is 0 Å². The summed E-state index contributed by atoms with van der Waals surface area (Å²) in [6.45, 7) is 0. The lowest BCUT2D eigenvalue weighted by atomic mass is 9.85. The van der Waals surface area contributed by atoms with Gasteiger partial charge in [0.15, 0.2) is 0 Å². The van der Waals surface area contributed by atoms with Crippen molar-refractivity contribution in [3.8, 4) is 22.3 Å². The quantitative estimate of drug-likeness (QED) is 0.248. The van der Waals surface area contributed by atoms with Crippen molar-refractivity contribution in [3.63, 3.8) is 0 Å². The number of fused-ring (bicyclic) bond motifs is 3. The minimum absolute atomic E-state index is 0.753. The molecule has 0 amide bonds. The highest BCUT2D eigenvalue weighted by molar-refractivity contribution is 6.33. The van der Waals surface area contributed by atoms with E-state index >= 15 is 0 Å². The van der Waals surface area contributed by atoms with Crippen LogP contribution in [0.1, 0.15) is 0 Å². The molecule has 0 aliphatic carbocycles.